The zero-order chi connectivity index (χ0) is 10.7. The summed E-state index contributed by atoms with van der Waals surface area (Å²) >= 11 is 9.23. The second-order valence-electron chi connectivity index (χ2n) is 3.10. The standard InChI is InChI=1S/C11H14OS2/c1-3-7-8(4-2)10(12)6-5-9(7)11(13)14/h5-6,12H,3-4H2,1-2H3,(H,13,14). The molecule has 76 valence electrons. The van der Waals surface area contributed by atoms with Crippen molar-refractivity contribution in [2.45, 2.75) is 26.7 Å². The van der Waals surface area contributed by atoms with Crippen LogP contribution in [0.1, 0.15) is 30.5 Å². The third kappa shape index (κ3) is 2.10. The summed E-state index contributed by atoms with van der Waals surface area (Å²) in [4.78, 5) is 0. The van der Waals surface area contributed by atoms with Crippen LogP contribution in [0.15, 0.2) is 12.1 Å². The van der Waals surface area contributed by atoms with Crippen LogP contribution in [0.5, 0.6) is 5.75 Å². The monoisotopic (exact) mass is 226 g/mol. The molecule has 0 radical (unpaired) electrons. The Labute approximate surface area is 95.6 Å². The van der Waals surface area contributed by atoms with Gasteiger partial charge in [-0.1, -0.05) is 26.1 Å². The van der Waals surface area contributed by atoms with Crippen LogP contribution in [-0.4, -0.2) is 9.30 Å². The van der Waals surface area contributed by atoms with Crippen LogP contribution >= 0.6 is 24.8 Å². The van der Waals surface area contributed by atoms with E-state index in [0.717, 1.165) is 29.5 Å². The Hall–Kier alpha value is -0.540. The molecule has 0 aliphatic rings. The fraction of sp³-hybridized carbons (Fsp3) is 0.364. The molecule has 0 saturated heterocycles. The minimum atomic E-state index is 0.359. The minimum Gasteiger partial charge on any atom is -0.508 e. The van der Waals surface area contributed by atoms with E-state index in [1.807, 2.05) is 13.0 Å². The molecule has 0 atom stereocenters. The molecule has 0 amide bonds. The van der Waals surface area contributed by atoms with Crippen LogP contribution in [0.3, 0.4) is 0 Å². The molecule has 1 nitrogen and oxygen atoms in total. The largest absolute Gasteiger partial charge is 0.508 e. The number of thiocarbonyl (C=S) groups is 1. The maximum absolute atomic E-state index is 9.66. The van der Waals surface area contributed by atoms with Gasteiger partial charge in [0.05, 0.1) is 4.20 Å². The SMILES string of the molecule is CCc1c(O)ccc(C(=S)S)c1CC. The van der Waals surface area contributed by atoms with Crippen LogP contribution in [0.4, 0.5) is 0 Å². The molecule has 0 aromatic heterocycles. The van der Waals surface area contributed by atoms with Crippen molar-refractivity contribution in [3.8, 4) is 5.75 Å². The number of hydrogen-bond donors (Lipinski definition) is 2. The maximum atomic E-state index is 9.66. The van der Waals surface area contributed by atoms with Gasteiger partial charge in [-0.2, -0.15) is 0 Å². The third-order valence-electron chi connectivity index (χ3n) is 2.34. The number of phenols is 1. The first kappa shape index (κ1) is 11.5. The fourth-order valence-corrected chi connectivity index (χ4v) is 2.08. The number of rotatable bonds is 3. The van der Waals surface area contributed by atoms with Crippen LogP contribution in [-0.2, 0) is 12.8 Å². The fourth-order valence-electron chi connectivity index (χ4n) is 1.68. The van der Waals surface area contributed by atoms with E-state index >= 15 is 0 Å². The van der Waals surface area contributed by atoms with Gasteiger partial charge in [0.15, 0.2) is 0 Å². The van der Waals surface area contributed by atoms with Crippen molar-refractivity contribution in [1.82, 2.24) is 0 Å². The molecule has 0 fully saturated rings. The van der Waals surface area contributed by atoms with Crippen molar-refractivity contribution in [1.29, 1.82) is 0 Å². The normalized spacial score (nSPS) is 10.2. The quantitative estimate of drug-likeness (QED) is 0.610. The van der Waals surface area contributed by atoms with Gasteiger partial charge in [-0.15, -0.1) is 12.6 Å². The number of aromatic hydroxyl groups is 1. The van der Waals surface area contributed by atoms with E-state index in [4.69, 9.17) is 12.2 Å². The third-order valence-corrected chi connectivity index (χ3v) is 2.80. The van der Waals surface area contributed by atoms with Gasteiger partial charge in [0.1, 0.15) is 5.75 Å². The highest BCUT2D eigenvalue weighted by Crippen LogP contribution is 2.26. The van der Waals surface area contributed by atoms with Crippen molar-refractivity contribution in [2.24, 2.45) is 0 Å². The highest BCUT2D eigenvalue weighted by molar-refractivity contribution is 8.11. The van der Waals surface area contributed by atoms with E-state index in [-0.39, 0.29) is 0 Å². The molecule has 0 bridgehead atoms. The van der Waals surface area contributed by atoms with Gasteiger partial charge in [-0.25, -0.2) is 0 Å². The van der Waals surface area contributed by atoms with E-state index < -0.39 is 0 Å². The average molecular weight is 226 g/mol. The summed E-state index contributed by atoms with van der Waals surface area (Å²) in [5.74, 6) is 0.359. The molecule has 1 aromatic carbocycles. The molecule has 0 aliphatic heterocycles. The van der Waals surface area contributed by atoms with Gasteiger partial charge >= 0.3 is 0 Å². The average Bonchev–Trinajstić information content (AvgIpc) is 2.16. The smallest absolute Gasteiger partial charge is 0.119 e. The van der Waals surface area contributed by atoms with E-state index in [1.165, 1.54) is 0 Å². The zero-order valence-corrected chi connectivity index (χ0v) is 10.1. The molecule has 0 aliphatic carbocycles. The van der Waals surface area contributed by atoms with Crippen molar-refractivity contribution in [3.05, 3.63) is 28.8 Å². The Morgan fingerprint density at radius 2 is 1.86 bits per heavy atom. The van der Waals surface area contributed by atoms with Gasteiger partial charge < -0.3 is 5.11 Å². The lowest BCUT2D eigenvalue weighted by molar-refractivity contribution is 0.468. The van der Waals surface area contributed by atoms with Gasteiger partial charge in [0, 0.05) is 5.56 Å². The van der Waals surface area contributed by atoms with Crippen molar-refractivity contribution in [2.75, 3.05) is 0 Å². The molecule has 1 rings (SSSR count). The van der Waals surface area contributed by atoms with E-state index in [0.29, 0.717) is 9.95 Å². The van der Waals surface area contributed by atoms with E-state index in [1.54, 1.807) is 6.07 Å². The second kappa shape index (κ2) is 4.80. The Balaban J connectivity index is 3.40. The van der Waals surface area contributed by atoms with Crippen LogP contribution in [0.25, 0.3) is 0 Å². The zero-order valence-electron chi connectivity index (χ0n) is 8.37. The van der Waals surface area contributed by atoms with Crippen molar-refractivity contribution < 1.29 is 5.11 Å². The summed E-state index contributed by atoms with van der Waals surface area (Å²) in [6, 6.07) is 3.53. The molecule has 1 N–H and O–H groups in total. The Kier molecular flexibility index (Phi) is 3.96. The van der Waals surface area contributed by atoms with E-state index in [9.17, 15) is 5.11 Å². The Morgan fingerprint density at radius 1 is 1.29 bits per heavy atom. The summed E-state index contributed by atoms with van der Waals surface area (Å²) in [7, 11) is 0. The molecular formula is C11H14OS2. The Bertz CT molecular complexity index is 359. The molecule has 0 saturated carbocycles. The summed E-state index contributed by atoms with van der Waals surface area (Å²) in [6.07, 6.45) is 1.69. The molecule has 1 aromatic rings. The molecule has 0 heterocycles. The summed E-state index contributed by atoms with van der Waals surface area (Å²) in [5, 5.41) is 9.66. The topological polar surface area (TPSA) is 20.2 Å². The van der Waals surface area contributed by atoms with E-state index in [2.05, 4.69) is 19.6 Å². The predicted octanol–water partition coefficient (Wildman–Crippen LogP) is 3.12. The lowest BCUT2D eigenvalue weighted by Crippen LogP contribution is -2.00. The Morgan fingerprint density at radius 3 is 2.29 bits per heavy atom. The number of phenolic OH excluding ortho intramolecular Hbond substituents is 1. The van der Waals surface area contributed by atoms with Gasteiger partial charge in [-0.05, 0) is 36.1 Å². The predicted molar refractivity (Wildman–Crippen MR) is 67.5 cm³/mol. The number of thiol groups is 1. The van der Waals surface area contributed by atoms with Gasteiger partial charge in [0.2, 0.25) is 0 Å². The lowest BCUT2D eigenvalue weighted by Gasteiger charge is -2.12. The van der Waals surface area contributed by atoms with Crippen molar-refractivity contribution >= 4 is 29.0 Å². The second-order valence-corrected chi connectivity index (χ2v) is 4.26. The minimum absolute atomic E-state index is 0.359. The number of hydrogen-bond acceptors (Lipinski definition) is 2. The van der Waals surface area contributed by atoms with Crippen molar-refractivity contribution in [3.63, 3.8) is 0 Å². The van der Waals surface area contributed by atoms with Crippen LogP contribution in [0.2, 0.25) is 0 Å². The molecule has 0 spiro atoms. The maximum Gasteiger partial charge on any atom is 0.119 e. The summed E-state index contributed by atoms with van der Waals surface area (Å²) < 4.78 is 0.594. The summed E-state index contributed by atoms with van der Waals surface area (Å²) in [5.41, 5.74) is 3.08. The summed E-state index contributed by atoms with van der Waals surface area (Å²) in [6.45, 7) is 4.09. The van der Waals surface area contributed by atoms with Gasteiger partial charge in [-0.3, -0.25) is 0 Å². The highest BCUT2D eigenvalue weighted by atomic mass is 32.1. The molecule has 14 heavy (non-hydrogen) atoms. The lowest BCUT2D eigenvalue weighted by atomic mass is 9.97. The first-order valence-corrected chi connectivity index (χ1v) is 5.54. The highest BCUT2D eigenvalue weighted by Gasteiger charge is 2.11. The van der Waals surface area contributed by atoms with Crippen LogP contribution < -0.4 is 0 Å². The number of benzene rings is 1. The van der Waals surface area contributed by atoms with Crippen LogP contribution in [0, 0.1) is 0 Å². The molecular weight excluding hydrogens is 212 g/mol. The first-order valence-electron chi connectivity index (χ1n) is 4.68. The molecule has 0 unspecified atom stereocenters. The molecule has 3 heteroatoms. The van der Waals surface area contributed by atoms with Gasteiger partial charge in [0.25, 0.3) is 0 Å². The first-order chi connectivity index (χ1) is 6.61.